The molecule has 4 heteroatoms. The number of benzene rings is 3. The van der Waals surface area contributed by atoms with Crippen molar-refractivity contribution in [2.24, 2.45) is 11.8 Å². The van der Waals surface area contributed by atoms with E-state index < -0.39 is 0 Å². The normalized spacial score (nSPS) is 23.4. The maximum absolute atomic E-state index is 13.5. The van der Waals surface area contributed by atoms with Crippen LogP contribution >= 0.6 is 0 Å². The SMILES string of the molecule is O=C1C2CN(Cc3ccccc3)[C@@H](CCc3ccccc3)C2C(=O)N1c1ccccc1. The smallest absolute Gasteiger partial charge is 0.239 e. The predicted octanol–water partition coefficient (Wildman–Crippen LogP) is 4.31. The molecule has 2 aliphatic rings. The molecule has 0 spiro atoms. The van der Waals surface area contributed by atoms with Gasteiger partial charge in [-0.1, -0.05) is 78.9 Å². The van der Waals surface area contributed by atoms with E-state index in [2.05, 4.69) is 41.3 Å². The first kappa shape index (κ1) is 19.7. The zero-order chi connectivity index (χ0) is 21.2. The second-order valence-electron chi connectivity index (χ2n) is 8.49. The summed E-state index contributed by atoms with van der Waals surface area (Å²) >= 11 is 0. The third-order valence-electron chi connectivity index (χ3n) is 6.61. The van der Waals surface area contributed by atoms with Crippen molar-refractivity contribution in [2.45, 2.75) is 25.4 Å². The average Bonchev–Trinajstić information content (AvgIpc) is 3.28. The number of hydrogen-bond donors (Lipinski definition) is 0. The van der Waals surface area contributed by atoms with Gasteiger partial charge in [0.05, 0.1) is 17.5 Å². The highest BCUT2D eigenvalue weighted by atomic mass is 16.2. The molecule has 156 valence electrons. The number of imide groups is 1. The van der Waals surface area contributed by atoms with Gasteiger partial charge in [-0.15, -0.1) is 0 Å². The minimum atomic E-state index is -0.278. The molecule has 0 aromatic heterocycles. The summed E-state index contributed by atoms with van der Waals surface area (Å²) < 4.78 is 0. The van der Waals surface area contributed by atoms with Crippen LogP contribution in [0.3, 0.4) is 0 Å². The monoisotopic (exact) mass is 410 g/mol. The Morgan fingerprint density at radius 3 is 1.94 bits per heavy atom. The number of likely N-dealkylation sites (tertiary alicyclic amines) is 1. The fourth-order valence-electron chi connectivity index (χ4n) is 5.14. The van der Waals surface area contributed by atoms with Crippen LogP contribution in [0.15, 0.2) is 91.0 Å². The van der Waals surface area contributed by atoms with E-state index >= 15 is 0 Å². The molecule has 2 unspecified atom stereocenters. The molecule has 3 atom stereocenters. The van der Waals surface area contributed by atoms with Gasteiger partial charge < -0.3 is 0 Å². The summed E-state index contributed by atoms with van der Waals surface area (Å²) in [5.41, 5.74) is 3.16. The Morgan fingerprint density at radius 2 is 1.29 bits per heavy atom. The molecule has 2 amide bonds. The van der Waals surface area contributed by atoms with E-state index in [1.54, 1.807) is 0 Å². The Bertz CT molecular complexity index is 1050. The summed E-state index contributed by atoms with van der Waals surface area (Å²) in [5.74, 6) is -0.645. The molecular formula is C27H26N2O2. The van der Waals surface area contributed by atoms with E-state index in [0.29, 0.717) is 12.2 Å². The fourth-order valence-corrected chi connectivity index (χ4v) is 5.14. The standard InChI is InChI=1S/C27H26N2O2/c30-26-23-19-28(18-21-12-6-2-7-13-21)24(17-16-20-10-4-1-5-11-20)25(23)27(31)29(26)22-14-8-3-9-15-22/h1-15,23-25H,16-19H2/t23?,24-,25?/m0/s1. The van der Waals surface area contributed by atoms with Crippen LogP contribution in [0.2, 0.25) is 0 Å². The minimum absolute atomic E-state index is 0.0465. The lowest BCUT2D eigenvalue weighted by Crippen LogP contribution is -2.41. The van der Waals surface area contributed by atoms with Crippen LogP contribution in [0.4, 0.5) is 5.69 Å². The van der Waals surface area contributed by atoms with Crippen LogP contribution in [0.1, 0.15) is 17.5 Å². The van der Waals surface area contributed by atoms with E-state index in [0.717, 1.165) is 19.4 Å². The Hall–Kier alpha value is -3.24. The topological polar surface area (TPSA) is 40.6 Å². The van der Waals surface area contributed by atoms with Gasteiger partial charge in [0.15, 0.2) is 0 Å². The Labute approximate surface area is 183 Å². The molecule has 0 bridgehead atoms. The summed E-state index contributed by atoms with van der Waals surface area (Å²) in [7, 11) is 0. The molecule has 3 aromatic rings. The highest BCUT2D eigenvalue weighted by Gasteiger charge is 2.57. The molecule has 2 fully saturated rings. The number of fused-ring (bicyclic) bond motifs is 1. The number of aryl methyl sites for hydroxylation is 1. The van der Waals surface area contributed by atoms with Gasteiger partial charge in [0, 0.05) is 19.1 Å². The van der Waals surface area contributed by atoms with Crippen molar-refractivity contribution in [3.8, 4) is 0 Å². The van der Waals surface area contributed by atoms with Crippen molar-refractivity contribution >= 4 is 17.5 Å². The molecule has 31 heavy (non-hydrogen) atoms. The van der Waals surface area contributed by atoms with Crippen molar-refractivity contribution < 1.29 is 9.59 Å². The van der Waals surface area contributed by atoms with Crippen molar-refractivity contribution in [1.82, 2.24) is 4.90 Å². The molecule has 0 saturated carbocycles. The summed E-state index contributed by atoms with van der Waals surface area (Å²) in [4.78, 5) is 30.6. The van der Waals surface area contributed by atoms with E-state index in [9.17, 15) is 9.59 Å². The second kappa shape index (κ2) is 8.48. The molecule has 3 aromatic carbocycles. The van der Waals surface area contributed by atoms with Gasteiger partial charge in [0.2, 0.25) is 11.8 Å². The lowest BCUT2D eigenvalue weighted by Gasteiger charge is -2.29. The van der Waals surface area contributed by atoms with Gasteiger partial charge in [-0.25, -0.2) is 4.90 Å². The van der Waals surface area contributed by atoms with Gasteiger partial charge in [0.1, 0.15) is 0 Å². The highest BCUT2D eigenvalue weighted by molar-refractivity contribution is 6.22. The first-order chi connectivity index (χ1) is 15.2. The Kier molecular flexibility index (Phi) is 5.39. The number of amides is 2. The first-order valence-corrected chi connectivity index (χ1v) is 11.0. The summed E-state index contributed by atoms with van der Waals surface area (Å²) in [6.07, 6.45) is 1.76. The molecule has 4 nitrogen and oxygen atoms in total. The lowest BCUT2D eigenvalue weighted by molar-refractivity contribution is -0.123. The molecule has 2 aliphatic heterocycles. The van der Waals surface area contributed by atoms with Crippen LogP contribution in [0.5, 0.6) is 0 Å². The predicted molar refractivity (Wildman–Crippen MR) is 121 cm³/mol. The van der Waals surface area contributed by atoms with Crippen LogP contribution < -0.4 is 4.90 Å². The number of rotatable bonds is 6. The number of carbonyl (C=O) groups excluding carboxylic acids is 2. The van der Waals surface area contributed by atoms with Gasteiger partial charge >= 0.3 is 0 Å². The zero-order valence-electron chi connectivity index (χ0n) is 17.4. The third kappa shape index (κ3) is 3.79. The molecule has 0 radical (unpaired) electrons. The van der Waals surface area contributed by atoms with Crippen molar-refractivity contribution in [3.63, 3.8) is 0 Å². The van der Waals surface area contributed by atoms with E-state index in [1.807, 2.05) is 54.6 Å². The van der Waals surface area contributed by atoms with Crippen LogP contribution in [-0.4, -0.2) is 29.3 Å². The third-order valence-corrected chi connectivity index (χ3v) is 6.61. The van der Waals surface area contributed by atoms with Gasteiger partial charge in [-0.2, -0.15) is 0 Å². The summed E-state index contributed by atoms with van der Waals surface area (Å²) in [6, 6.07) is 30.1. The molecule has 0 N–H and O–H groups in total. The van der Waals surface area contributed by atoms with Crippen LogP contribution in [0, 0.1) is 11.8 Å². The zero-order valence-corrected chi connectivity index (χ0v) is 17.4. The van der Waals surface area contributed by atoms with Crippen molar-refractivity contribution in [2.75, 3.05) is 11.4 Å². The Morgan fingerprint density at radius 1 is 0.710 bits per heavy atom. The van der Waals surface area contributed by atoms with E-state index in [1.165, 1.54) is 16.0 Å². The number of carbonyl (C=O) groups is 2. The number of hydrogen-bond acceptors (Lipinski definition) is 3. The molecule has 0 aliphatic carbocycles. The highest BCUT2D eigenvalue weighted by Crippen LogP contribution is 2.42. The molecule has 2 saturated heterocycles. The van der Waals surface area contributed by atoms with Crippen molar-refractivity contribution in [1.29, 1.82) is 0 Å². The van der Waals surface area contributed by atoms with Gasteiger partial charge in [0.25, 0.3) is 0 Å². The second-order valence-corrected chi connectivity index (χ2v) is 8.49. The van der Waals surface area contributed by atoms with E-state index in [-0.39, 0.29) is 29.7 Å². The van der Waals surface area contributed by atoms with Crippen LogP contribution in [-0.2, 0) is 22.6 Å². The maximum Gasteiger partial charge on any atom is 0.239 e. The first-order valence-electron chi connectivity index (χ1n) is 11.0. The summed E-state index contributed by atoms with van der Waals surface area (Å²) in [5, 5.41) is 0. The number of anilines is 1. The van der Waals surface area contributed by atoms with Crippen molar-refractivity contribution in [3.05, 3.63) is 102 Å². The van der Waals surface area contributed by atoms with Gasteiger partial charge in [-0.3, -0.25) is 14.5 Å². The number of para-hydroxylation sites is 1. The Balaban J connectivity index is 1.42. The number of nitrogens with zero attached hydrogens (tertiary/aromatic N) is 2. The largest absolute Gasteiger partial charge is 0.294 e. The maximum atomic E-state index is 13.5. The molecular weight excluding hydrogens is 384 g/mol. The molecule has 2 heterocycles. The molecule has 5 rings (SSSR count). The average molecular weight is 411 g/mol. The minimum Gasteiger partial charge on any atom is -0.294 e. The fraction of sp³-hybridized carbons (Fsp3) is 0.259. The van der Waals surface area contributed by atoms with Gasteiger partial charge in [-0.05, 0) is 36.1 Å². The summed E-state index contributed by atoms with van der Waals surface area (Å²) in [6.45, 7) is 1.39. The van der Waals surface area contributed by atoms with E-state index in [4.69, 9.17) is 0 Å². The lowest BCUT2D eigenvalue weighted by atomic mass is 9.89. The quantitative estimate of drug-likeness (QED) is 0.569. The van der Waals surface area contributed by atoms with Crippen LogP contribution in [0.25, 0.3) is 0 Å².